The van der Waals surface area contributed by atoms with Crippen molar-refractivity contribution < 1.29 is 14.7 Å². The molecule has 0 aliphatic carbocycles. The molecule has 0 atom stereocenters. The lowest BCUT2D eigenvalue weighted by atomic mass is 10.1. The van der Waals surface area contributed by atoms with Crippen LogP contribution in [0.4, 0.5) is 11.4 Å². The number of benzene rings is 1. The van der Waals surface area contributed by atoms with Crippen LogP contribution in [0.2, 0.25) is 0 Å². The van der Waals surface area contributed by atoms with Gasteiger partial charge in [0, 0.05) is 36.7 Å². The first-order chi connectivity index (χ1) is 13.1. The fourth-order valence-corrected chi connectivity index (χ4v) is 4.03. The number of thiophene rings is 1. The van der Waals surface area contributed by atoms with Crippen molar-refractivity contribution >= 4 is 34.6 Å². The number of hydrogen-bond donors (Lipinski definition) is 2. The first-order valence-corrected chi connectivity index (χ1v) is 10.1. The molecular weight excluding hydrogens is 362 g/mol. The minimum absolute atomic E-state index is 0.128. The van der Waals surface area contributed by atoms with Gasteiger partial charge in [0.25, 0.3) is 0 Å². The Balaban J connectivity index is 1.69. The molecule has 1 aliphatic heterocycles. The lowest BCUT2D eigenvalue weighted by molar-refractivity contribution is -0.115. The maximum absolute atomic E-state index is 12.2. The summed E-state index contributed by atoms with van der Waals surface area (Å²) in [7, 11) is 0. The molecule has 6 nitrogen and oxygen atoms in total. The van der Waals surface area contributed by atoms with Crippen LogP contribution >= 0.6 is 11.3 Å². The highest BCUT2D eigenvalue weighted by atomic mass is 32.1. The van der Waals surface area contributed by atoms with Crippen molar-refractivity contribution in [1.29, 1.82) is 0 Å². The van der Waals surface area contributed by atoms with Crippen molar-refractivity contribution in [1.82, 2.24) is 4.90 Å². The van der Waals surface area contributed by atoms with E-state index < -0.39 is 5.97 Å². The van der Waals surface area contributed by atoms with Crippen LogP contribution in [-0.4, -0.2) is 54.6 Å². The van der Waals surface area contributed by atoms with Crippen LogP contribution in [-0.2, 0) is 11.2 Å². The van der Waals surface area contributed by atoms with Gasteiger partial charge in [0.15, 0.2) is 0 Å². The molecule has 2 N–H and O–H groups in total. The molecule has 0 spiro atoms. The standard InChI is InChI=1S/C20H25N3O3S/c1-2-7-22-8-10-23(11-9-22)15-5-6-18(17(13-15)20(25)26)21-19(24)14-16-4-3-12-27-16/h3-6,12-13H,2,7-11,14H2,1H3,(H,21,24)(H,25,26). The lowest BCUT2D eigenvalue weighted by Gasteiger charge is -2.36. The van der Waals surface area contributed by atoms with E-state index in [2.05, 4.69) is 22.0 Å². The van der Waals surface area contributed by atoms with Crippen LogP contribution in [0.1, 0.15) is 28.6 Å². The van der Waals surface area contributed by atoms with Gasteiger partial charge < -0.3 is 15.3 Å². The maximum Gasteiger partial charge on any atom is 0.337 e. The molecular formula is C20H25N3O3S. The largest absolute Gasteiger partial charge is 0.478 e. The smallest absolute Gasteiger partial charge is 0.337 e. The summed E-state index contributed by atoms with van der Waals surface area (Å²) in [5, 5.41) is 14.3. The van der Waals surface area contributed by atoms with E-state index in [9.17, 15) is 14.7 Å². The Hall–Kier alpha value is -2.38. The van der Waals surface area contributed by atoms with Gasteiger partial charge in [-0.1, -0.05) is 13.0 Å². The number of aromatic carboxylic acids is 1. The Morgan fingerprint density at radius 2 is 1.96 bits per heavy atom. The van der Waals surface area contributed by atoms with Gasteiger partial charge in [0.1, 0.15) is 0 Å². The molecule has 0 unspecified atom stereocenters. The molecule has 0 bridgehead atoms. The quantitative estimate of drug-likeness (QED) is 0.764. The van der Waals surface area contributed by atoms with Crippen LogP contribution < -0.4 is 10.2 Å². The van der Waals surface area contributed by atoms with Crippen molar-refractivity contribution in [3.63, 3.8) is 0 Å². The highest BCUT2D eigenvalue weighted by Crippen LogP contribution is 2.25. The highest BCUT2D eigenvalue weighted by Gasteiger charge is 2.20. The third-order valence-corrected chi connectivity index (χ3v) is 5.58. The van der Waals surface area contributed by atoms with Gasteiger partial charge in [0.2, 0.25) is 5.91 Å². The van der Waals surface area contributed by atoms with E-state index in [0.717, 1.165) is 49.7 Å². The van der Waals surface area contributed by atoms with Crippen LogP contribution in [0.5, 0.6) is 0 Å². The monoisotopic (exact) mass is 387 g/mol. The number of carboxylic acid groups (broad SMARTS) is 1. The number of nitrogens with zero attached hydrogens (tertiary/aromatic N) is 2. The van der Waals surface area contributed by atoms with Gasteiger partial charge in [0.05, 0.1) is 17.7 Å². The van der Waals surface area contributed by atoms with Crippen molar-refractivity contribution in [2.45, 2.75) is 19.8 Å². The van der Waals surface area contributed by atoms with Crippen LogP contribution in [0.15, 0.2) is 35.7 Å². The number of carbonyl (C=O) groups is 2. The minimum atomic E-state index is -1.03. The van der Waals surface area contributed by atoms with E-state index in [0.29, 0.717) is 5.69 Å². The molecule has 27 heavy (non-hydrogen) atoms. The number of piperazine rings is 1. The van der Waals surface area contributed by atoms with E-state index in [4.69, 9.17) is 0 Å². The van der Waals surface area contributed by atoms with Gasteiger partial charge in [-0.05, 0) is 42.6 Å². The molecule has 7 heteroatoms. The molecule has 0 saturated carbocycles. The Kier molecular flexibility index (Phi) is 6.47. The summed E-state index contributed by atoms with van der Waals surface area (Å²) >= 11 is 1.51. The number of anilines is 2. The molecule has 0 radical (unpaired) electrons. The van der Waals surface area contributed by atoms with Gasteiger partial charge in [-0.15, -0.1) is 11.3 Å². The van der Waals surface area contributed by atoms with Crippen LogP contribution in [0.3, 0.4) is 0 Å². The lowest BCUT2D eigenvalue weighted by Crippen LogP contribution is -2.46. The number of hydrogen-bond acceptors (Lipinski definition) is 5. The topological polar surface area (TPSA) is 72.9 Å². The van der Waals surface area contributed by atoms with E-state index in [1.807, 2.05) is 23.6 Å². The number of nitrogens with one attached hydrogen (secondary N) is 1. The van der Waals surface area contributed by atoms with Crippen molar-refractivity contribution in [2.75, 3.05) is 42.9 Å². The first kappa shape index (κ1) is 19.4. The average molecular weight is 388 g/mol. The number of carboxylic acids is 1. The summed E-state index contributed by atoms with van der Waals surface area (Å²) in [6.07, 6.45) is 1.39. The Bertz CT molecular complexity index is 784. The van der Waals surface area contributed by atoms with Crippen LogP contribution in [0, 0.1) is 0 Å². The molecule has 144 valence electrons. The Morgan fingerprint density at radius 3 is 2.59 bits per heavy atom. The van der Waals surface area contributed by atoms with Gasteiger partial charge >= 0.3 is 5.97 Å². The zero-order chi connectivity index (χ0) is 19.2. The number of amides is 1. The van der Waals surface area contributed by atoms with E-state index in [1.54, 1.807) is 12.1 Å². The summed E-state index contributed by atoms with van der Waals surface area (Å²) in [6.45, 7) is 7.00. The third kappa shape index (κ3) is 5.08. The van der Waals surface area contributed by atoms with E-state index in [1.165, 1.54) is 11.3 Å². The fourth-order valence-electron chi connectivity index (χ4n) is 3.33. The SMILES string of the molecule is CCCN1CCN(c2ccc(NC(=O)Cc3cccs3)c(C(=O)O)c2)CC1. The summed E-state index contributed by atoms with van der Waals surface area (Å²) in [5.41, 5.74) is 1.36. The maximum atomic E-state index is 12.2. The van der Waals surface area contributed by atoms with Gasteiger partial charge in [-0.2, -0.15) is 0 Å². The third-order valence-electron chi connectivity index (χ3n) is 4.70. The second kappa shape index (κ2) is 9.01. The van der Waals surface area contributed by atoms with Crippen molar-refractivity contribution in [3.05, 3.63) is 46.2 Å². The summed E-state index contributed by atoms with van der Waals surface area (Å²) in [4.78, 5) is 29.5. The molecule has 1 aliphatic rings. The summed E-state index contributed by atoms with van der Waals surface area (Å²) in [6, 6.07) is 9.04. The van der Waals surface area contributed by atoms with Crippen molar-refractivity contribution in [2.24, 2.45) is 0 Å². The van der Waals surface area contributed by atoms with E-state index in [-0.39, 0.29) is 17.9 Å². The molecule has 2 aromatic rings. The van der Waals surface area contributed by atoms with E-state index >= 15 is 0 Å². The number of carbonyl (C=O) groups excluding carboxylic acids is 1. The van der Waals surface area contributed by atoms with Gasteiger partial charge in [-0.25, -0.2) is 4.79 Å². The zero-order valence-electron chi connectivity index (χ0n) is 15.5. The summed E-state index contributed by atoms with van der Waals surface area (Å²) < 4.78 is 0. The second-order valence-electron chi connectivity index (χ2n) is 6.67. The average Bonchev–Trinajstić information content (AvgIpc) is 3.15. The number of rotatable bonds is 7. The summed E-state index contributed by atoms with van der Waals surface area (Å²) in [5.74, 6) is -1.24. The molecule has 2 heterocycles. The van der Waals surface area contributed by atoms with Crippen LogP contribution in [0.25, 0.3) is 0 Å². The first-order valence-electron chi connectivity index (χ1n) is 9.23. The minimum Gasteiger partial charge on any atom is -0.478 e. The predicted molar refractivity (Wildman–Crippen MR) is 109 cm³/mol. The van der Waals surface area contributed by atoms with Gasteiger partial charge in [-0.3, -0.25) is 9.69 Å². The molecule has 3 rings (SSSR count). The Morgan fingerprint density at radius 1 is 1.19 bits per heavy atom. The molecule has 1 aromatic heterocycles. The fraction of sp³-hybridized carbons (Fsp3) is 0.400. The highest BCUT2D eigenvalue weighted by molar-refractivity contribution is 7.10. The van der Waals surface area contributed by atoms with Crippen molar-refractivity contribution in [3.8, 4) is 0 Å². The molecule has 1 saturated heterocycles. The molecule has 1 fully saturated rings. The molecule has 1 aromatic carbocycles. The second-order valence-corrected chi connectivity index (χ2v) is 7.70. The zero-order valence-corrected chi connectivity index (χ0v) is 16.3. The normalized spacial score (nSPS) is 14.9. The predicted octanol–water partition coefficient (Wildman–Crippen LogP) is 3.16. The Labute approximate surface area is 163 Å². The molecule has 1 amide bonds.